The maximum Gasteiger partial charge on any atom is 0.252 e. The van der Waals surface area contributed by atoms with E-state index in [1.807, 2.05) is 0 Å². The van der Waals surface area contributed by atoms with Gasteiger partial charge in [-0.2, -0.15) is 0 Å². The van der Waals surface area contributed by atoms with Crippen molar-refractivity contribution in [3.63, 3.8) is 0 Å². The van der Waals surface area contributed by atoms with Gasteiger partial charge in [-0.1, -0.05) is 279 Å². The van der Waals surface area contributed by atoms with Crippen LogP contribution in [0.3, 0.4) is 0 Å². The van der Waals surface area contributed by atoms with Crippen molar-refractivity contribution in [1.29, 1.82) is 0 Å². The molecule has 0 radical (unpaired) electrons. The molecule has 0 fully saturated rings. The molecular weight excluding hydrogens is 1190 g/mol. The van der Waals surface area contributed by atoms with E-state index in [0.717, 1.165) is 12.1 Å². The van der Waals surface area contributed by atoms with Crippen LogP contribution in [0.5, 0.6) is 0 Å². The highest BCUT2D eigenvalue weighted by molar-refractivity contribution is 7.00. The van der Waals surface area contributed by atoms with E-state index in [-0.39, 0.29) is 39.2 Å². The maximum atomic E-state index is 2.78. The van der Waals surface area contributed by atoms with Gasteiger partial charge in [0.25, 0.3) is 6.71 Å². The molecule has 2 nitrogen and oxygen atoms in total. The van der Waals surface area contributed by atoms with Crippen LogP contribution in [0.2, 0.25) is 0 Å². The number of hydrogen-bond acceptors (Lipinski definition) is 1. The number of nitrogens with zero attached hydrogens (tertiary/aromatic N) is 2. The average molecular weight is 1280 g/mol. The van der Waals surface area contributed by atoms with Gasteiger partial charge in [0.1, 0.15) is 0 Å². The van der Waals surface area contributed by atoms with Gasteiger partial charge in [0, 0.05) is 44.3 Å². The lowest BCUT2D eigenvalue weighted by molar-refractivity contribution is 0.332. The zero-order valence-electron chi connectivity index (χ0n) is 60.2. The van der Waals surface area contributed by atoms with Crippen molar-refractivity contribution in [3.8, 4) is 39.1 Å². The Morgan fingerprint density at radius 2 is 0.768 bits per heavy atom. The van der Waals surface area contributed by atoms with E-state index in [1.54, 1.807) is 0 Å². The van der Waals surface area contributed by atoms with Crippen LogP contribution >= 0.6 is 0 Å². The summed E-state index contributed by atoms with van der Waals surface area (Å²) in [5, 5.41) is 18.1. The molecule has 1 aromatic heterocycles. The van der Waals surface area contributed by atoms with Gasteiger partial charge in [0.2, 0.25) is 0 Å². The molecule has 0 N–H and O–H groups in total. The van der Waals surface area contributed by atoms with E-state index < -0.39 is 0 Å². The molecule has 2 aliphatic carbocycles. The van der Waals surface area contributed by atoms with Crippen LogP contribution in [-0.2, 0) is 32.5 Å². The molecule has 0 saturated carbocycles. The molecule has 0 saturated heterocycles. The van der Waals surface area contributed by atoms with Gasteiger partial charge in [-0.25, -0.2) is 0 Å². The van der Waals surface area contributed by atoms with Crippen molar-refractivity contribution in [2.45, 2.75) is 155 Å². The first-order valence-corrected chi connectivity index (χ1v) is 36.6. The summed E-state index contributed by atoms with van der Waals surface area (Å²) in [7, 11) is 0. The van der Waals surface area contributed by atoms with Crippen LogP contribution in [0.4, 0.5) is 17.1 Å². The molecule has 19 rings (SSSR count). The van der Waals surface area contributed by atoms with Crippen molar-refractivity contribution in [2.24, 2.45) is 0 Å². The zero-order chi connectivity index (χ0) is 67.9. The van der Waals surface area contributed by atoms with Crippen LogP contribution < -0.4 is 21.3 Å². The molecule has 3 heterocycles. The topological polar surface area (TPSA) is 8.17 Å². The standard InChI is InChI=1S/C96H87BN2/c1-91(2,3)60-34-37-62(38-35-60)98-81-43-36-61(92(4,5)6)54-79(81)97-80-55-74-69-28-18-16-24-65(69)67-26-20-22-30-71(67)86(74)88-87-82(44-40-72-68-27-17-15-23-64(68)66-25-19-21-29-70(66)85(72)87)99(90(80)88)84-53-59(52-83(98)89(84)97)63-39-31-56(57-32-41-75-77(50-57)95(11,12)47-45-93(75,7)8)49-73(63)58-33-42-76-78(51-58)96(13,14)48-46-94(76,9)10/h15-44,49-55H,45-48H2,1-14H3. The first-order valence-electron chi connectivity index (χ1n) is 36.6. The van der Waals surface area contributed by atoms with E-state index in [0.29, 0.717) is 0 Å². The SMILES string of the molecule is CC(C)(C)c1ccc(N2c3ccc(C(C)(C)C)cc3B3c4c2cc(-c2ccc(-c5ccc6c(c5)C(C)(C)CCC6(C)C)cc2-c2ccc5c(c2)C(C)(C)CCC5(C)C)cc4-n2c4ccc5c6ccccc6c6ccccc6c5c4c4c5c6ccccc6c6ccccc6c5cc3c42)cc1. The summed E-state index contributed by atoms with van der Waals surface area (Å²) in [6.07, 6.45) is 4.68. The minimum atomic E-state index is -0.129. The lowest BCUT2D eigenvalue weighted by atomic mass is 9.33. The Hall–Kier alpha value is -9.70. The van der Waals surface area contributed by atoms with Crippen LogP contribution in [-0.4, -0.2) is 11.3 Å². The second-order valence-corrected chi connectivity index (χ2v) is 34.8. The highest BCUT2D eigenvalue weighted by Gasteiger charge is 2.45. The summed E-state index contributed by atoms with van der Waals surface area (Å²) in [6, 6.07) is 89.5. The van der Waals surface area contributed by atoms with Crippen molar-refractivity contribution >= 4 is 127 Å². The van der Waals surface area contributed by atoms with Gasteiger partial charge in [-0.05, 0) is 238 Å². The summed E-state index contributed by atoms with van der Waals surface area (Å²) in [6.45, 7) is 33.7. The molecule has 15 aromatic rings. The fraction of sp³-hybridized carbons (Fsp3) is 0.250. The second-order valence-electron chi connectivity index (χ2n) is 34.8. The molecule has 0 bridgehead atoms. The van der Waals surface area contributed by atoms with Crippen LogP contribution in [0.25, 0.3) is 126 Å². The highest BCUT2D eigenvalue weighted by atomic mass is 15.2. The van der Waals surface area contributed by atoms with Gasteiger partial charge in [0.15, 0.2) is 0 Å². The molecule has 0 unspecified atom stereocenters. The third-order valence-corrected chi connectivity index (χ3v) is 25.0. The number of aromatic nitrogens is 1. The van der Waals surface area contributed by atoms with Crippen molar-refractivity contribution < 1.29 is 0 Å². The molecule has 99 heavy (non-hydrogen) atoms. The molecule has 2 aliphatic heterocycles. The first kappa shape index (κ1) is 60.5. The smallest absolute Gasteiger partial charge is 0.252 e. The Morgan fingerprint density at radius 1 is 0.313 bits per heavy atom. The summed E-state index contributed by atoms with van der Waals surface area (Å²) < 4.78 is 2.78. The molecule has 3 heteroatoms. The number of anilines is 3. The minimum Gasteiger partial charge on any atom is -0.311 e. The largest absolute Gasteiger partial charge is 0.311 e. The molecule has 0 spiro atoms. The van der Waals surface area contributed by atoms with Crippen LogP contribution in [0.1, 0.15) is 156 Å². The summed E-state index contributed by atoms with van der Waals surface area (Å²) in [4.78, 5) is 2.66. The predicted octanol–water partition coefficient (Wildman–Crippen LogP) is 24.6. The summed E-state index contributed by atoms with van der Waals surface area (Å²) >= 11 is 0. The van der Waals surface area contributed by atoms with Crippen LogP contribution in [0.15, 0.2) is 224 Å². The lowest BCUT2D eigenvalue weighted by Gasteiger charge is -2.42. The zero-order valence-corrected chi connectivity index (χ0v) is 60.2. The van der Waals surface area contributed by atoms with Crippen molar-refractivity contribution in [1.82, 2.24) is 4.57 Å². The van der Waals surface area contributed by atoms with Gasteiger partial charge < -0.3 is 9.47 Å². The minimum absolute atomic E-state index is 0.0155. The molecule has 4 aliphatic rings. The Labute approximate surface area is 584 Å². The number of benzene rings is 14. The average Bonchev–Trinajstić information content (AvgIpc) is 1.55. The Morgan fingerprint density at radius 3 is 1.33 bits per heavy atom. The van der Waals surface area contributed by atoms with Crippen LogP contribution in [0, 0.1) is 0 Å². The number of fused-ring (bicyclic) bond motifs is 23. The summed E-state index contributed by atoms with van der Waals surface area (Å²) in [5.74, 6) is 0. The van der Waals surface area contributed by atoms with Crippen molar-refractivity contribution in [3.05, 3.63) is 258 Å². The van der Waals surface area contributed by atoms with Gasteiger partial charge in [-0.3, -0.25) is 0 Å². The van der Waals surface area contributed by atoms with Gasteiger partial charge in [-0.15, -0.1) is 0 Å². The van der Waals surface area contributed by atoms with E-state index in [1.165, 1.54) is 206 Å². The Balaban J connectivity index is 1.00. The predicted molar refractivity (Wildman–Crippen MR) is 429 cm³/mol. The molecular formula is C96H87BN2. The van der Waals surface area contributed by atoms with E-state index in [2.05, 4.69) is 331 Å². The van der Waals surface area contributed by atoms with Gasteiger partial charge in [0.05, 0.1) is 11.0 Å². The fourth-order valence-electron chi connectivity index (χ4n) is 19.2. The monoisotopic (exact) mass is 1280 g/mol. The summed E-state index contributed by atoms with van der Waals surface area (Å²) in [5.41, 5.74) is 27.6. The Bertz CT molecular complexity index is 6030. The molecule has 484 valence electrons. The third kappa shape index (κ3) is 8.68. The highest BCUT2D eigenvalue weighted by Crippen LogP contribution is 2.54. The number of hydrogen-bond donors (Lipinski definition) is 0. The van der Waals surface area contributed by atoms with E-state index >= 15 is 0 Å². The molecule has 14 aromatic carbocycles. The second kappa shape index (κ2) is 20.5. The van der Waals surface area contributed by atoms with Crippen molar-refractivity contribution in [2.75, 3.05) is 4.90 Å². The first-order chi connectivity index (χ1) is 47.3. The fourth-order valence-corrected chi connectivity index (χ4v) is 19.2. The molecule has 0 atom stereocenters. The Kier molecular flexibility index (Phi) is 12.5. The third-order valence-electron chi connectivity index (χ3n) is 25.0. The normalized spacial score (nSPS) is 16.5. The quantitative estimate of drug-likeness (QED) is 0.126. The van der Waals surface area contributed by atoms with E-state index in [4.69, 9.17) is 0 Å². The van der Waals surface area contributed by atoms with Gasteiger partial charge >= 0.3 is 0 Å². The molecule has 0 amide bonds. The maximum absolute atomic E-state index is 2.78. The van der Waals surface area contributed by atoms with E-state index in [9.17, 15) is 0 Å². The number of rotatable bonds is 4. The lowest BCUT2D eigenvalue weighted by Crippen LogP contribution is -2.60.